The minimum atomic E-state index is -0.134. The molecule has 0 saturated heterocycles. The molecule has 5 heteroatoms. The van der Waals surface area contributed by atoms with E-state index in [1.165, 1.54) is 10.8 Å². The molecule has 0 atom stereocenters. The zero-order chi connectivity index (χ0) is 10.4. The second-order valence-corrected chi connectivity index (χ2v) is 4.12. The number of carbonyl (C=O) groups is 1. The molecule has 0 aromatic heterocycles. The van der Waals surface area contributed by atoms with E-state index in [2.05, 4.69) is 17.0 Å². The fourth-order valence-electron chi connectivity index (χ4n) is 1.01. The molecule has 0 radical (unpaired) electrons. The Morgan fingerprint density at radius 2 is 2.21 bits per heavy atom. The minimum Gasteiger partial charge on any atom is -0.398 e. The summed E-state index contributed by atoms with van der Waals surface area (Å²) in [7, 11) is 1.39. The number of para-hydroxylation sites is 1. The summed E-state index contributed by atoms with van der Waals surface area (Å²) in [4.78, 5) is 11.5. The van der Waals surface area contributed by atoms with Crippen LogP contribution in [0.5, 0.6) is 0 Å². The van der Waals surface area contributed by atoms with E-state index in [1.54, 1.807) is 24.3 Å². The van der Waals surface area contributed by atoms with Crippen LogP contribution in [0.25, 0.3) is 0 Å². The zero-order valence-electron chi connectivity index (χ0n) is 7.56. The van der Waals surface area contributed by atoms with Crippen molar-refractivity contribution in [2.45, 2.75) is 0 Å². The number of carbonyl (C=O) groups excluding carboxylic acids is 1. The van der Waals surface area contributed by atoms with Gasteiger partial charge in [0.25, 0.3) is 5.91 Å². The molecule has 3 nitrogen and oxygen atoms in total. The van der Waals surface area contributed by atoms with Crippen molar-refractivity contribution in [3.63, 3.8) is 0 Å². The van der Waals surface area contributed by atoms with Gasteiger partial charge in [-0.2, -0.15) is 0 Å². The fraction of sp³-hybridized carbons (Fsp3) is 0.222. The third-order valence-electron chi connectivity index (χ3n) is 1.68. The first-order valence-electron chi connectivity index (χ1n) is 4.14. The van der Waals surface area contributed by atoms with E-state index in [0.29, 0.717) is 17.8 Å². The highest BCUT2D eigenvalue weighted by Crippen LogP contribution is 2.10. The van der Waals surface area contributed by atoms with Crippen molar-refractivity contribution >= 4 is 34.0 Å². The van der Waals surface area contributed by atoms with E-state index in [1.807, 2.05) is 0 Å². The molecule has 0 bridgehead atoms. The zero-order valence-corrected chi connectivity index (χ0v) is 9.28. The van der Waals surface area contributed by atoms with Gasteiger partial charge >= 0.3 is 0 Å². The van der Waals surface area contributed by atoms with Crippen molar-refractivity contribution < 1.29 is 4.79 Å². The van der Waals surface area contributed by atoms with Crippen LogP contribution in [0.15, 0.2) is 24.3 Å². The molecule has 1 amide bonds. The molecule has 3 N–H and O–H groups in total. The maximum atomic E-state index is 11.5. The third-order valence-corrected chi connectivity index (χ3v) is 2.62. The van der Waals surface area contributed by atoms with Gasteiger partial charge in [-0.25, -0.2) is 0 Å². The van der Waals surface area contributed by atoms with E-state index in [9.17, 15) is 4.79 Å². The predicted molar refractivity (Wildman–Crippen MR) is 64.6 cm³/mol. The van der Waals surface area contributed by atoms with Gasteiger partial charge in [0.15, 0.2) is 0 Å². The fourth-order valence-corrected chi connectivity index (χ4v) is 1.48. The molecule has 0 aliphatic heterocycles. The van der Waals surface area contributed by atoms with Crippen molar-refractivity contribution in [2.75, 3.05) is 18.0 Å². The summed E-state index contributed by atoms with van der Waals surface area (Å²) in [5.41, 5.74) is 6.67. The average Bonchev–Trinajstić information content (AvgIpc) is 2.18. The van der Waals surface area contributed by atoms with Crippen LogP contribution in [-0.4, -0.2) is 18.2 Å². The smallest absolute Gasteiger partial charge is 0.253 e. The highest BCUT2D eigenvalue weighted by Gasteiger charge is 2.06. The number of nitrogens with one attached hydrogen (secondary N) is 1. The van der Waals surface area contributed by atoms with E-state index < -0.39 is 0 Å². The number of hydrogen-bond donors (Lipinski definition) is 3. The van der Waals surface area contributed by atoms with Gasteiger partial charge in [0.05, 0.1) is 5.56 Å². The summed E-state index contributed by atoms with van der Waals surface area (Å²) in [6, 6.07) is 7.01. The lowest BCUT2D eigenvalue weighted by Gasteiger charge is -2.05. The lowest BCUT2D eigenvalue weighted by Crippen LogP contribution is -2.26. The van der Waals surface area contributed by atoms with Gasteiger partial charge in [0.1, 0.15) is 0 Å². The number of nitrogens with two attached hydrogens (primary N) is 1. The topological polar surface area (TPSA) is 55.1 Å². The molecule has 1 aromatic carbocycles. The molecule has 0 unspecified atom stereocenters. The Labute approximate surface area is 92.3 Å². The van der Waals surface area contributed by atoms with Crippen molar-refractivity contribution in [3.8, 4) is 0 Å². The minimum absolute atomic E-state index is 0.134. The maximum absolute atomic E-state index is 11.5. The van der Waals surface area contributed by atoms with E-state index in [4.69, 9.17) is 5.73 Å². The van der Waals surface area contributed by atoms with Gasteiger partial charge in [-0.3, -0.25) is 4.79 Å². The Bertz CT molecular complexity index is 317. The quantitative estimate of drug-likeness (QED) is 0.317. The van der Waals surface area contributed by atoms with Crippen LogP contribution in [0.3, 0.4) is 0 Å². The largest absolute Gasteiger partial charge is 0.398 e. The number of thiol groups is 1. The lowest BCUT2D eigenvalue weighted by molar-refractivity contribution is 0.0957. The van der Waals surface area contributed by atoms with Gasteiger partial charge < -0.3 is 11.1 Å². The van der Waals surface area contributed by atoms with Crippen LogP contribution in [0.2, 0.25) is 0 Å². The van der Waals surface area contributed by atoms with Gasteiger partial charge in [-0.05, 0) is 12.1 Å². The monoisotopic (exact) mass is 228 g/mol. The van der Waals surface area contributed by atoms with E-state index >= 15 is 0 Å². The Morgan fingerprint density at radius 1 is 1.50 bits per heavy atom. The van der Waals surface area contributed by atoms with Gasteiger partial charge in [-0.1, -0.05) is 22.9 Å². The van der Waals surface area contributed by atoms with Gasteiger partial charge in [-0.15, -0.1) is 11.7 Å². The van der Waals surface area contributed by atoms with Crippen molar-refractivity contribution in [1.29, 1.82) is 0 Å². The Balaban J connectivity index is 2.56. The van der Waals surface area contributed by atoms with Gasteiger partial charge in [0, 0.05) is 18.0 Å². The van der Waals surface area contributed by atoms with Crippen LogP contribution in [0, 0.1) is 0 Å². The van der Waals surface area contributed by atoms with Crippen LogP contribution in [0.1, 0.15) is 10.4 Å². The second-order valence-electron chi connectivity index (χ2n) is 2.68. The molecule has 1 aromatic rings. The Kier molecular flexibility index (Phi) is 4.69. The molecule has 0 saturated carbocycles. The number of amides is 1. The summed E-state index contributed by atoms with van der Waals surface area (Å²) in [6.45, 7) is 0.599. The molecule has 0 fully saturated rings. The standard InChI is InChI=1S/C9H12N2OS2/c10-8-4-2-1-3-7(8)9(12)11-5-6-14-13/h1-4,13H,5-6,10H2,(H,11,12). The molecule has 0 aliphatic rings. The number of rotatable bonds is 4. The van der Waals surface area contributed by atoms with Crippen LogP contribution < -0.4 is 11.1 Å². The van der Waals surface area contributed by atoms with Crippen molar-refractivity contribution in [2.24, 2.45) is 0 Å². The number of benzene rings is 1. The summed E-state index contributed by atoms with van der Waals surface area (Å²) in [5.74, 6) is 0.646. The van der Waals surface area contributed by atoms with Gasteiger partial charge in [0.2, 0.25) is 0 Å². The van der Waals surface area contributed by atoms with E-state index in [-0.39, 0.29) is 5.91 Å². The predicted octanol–water partition coefficient (Wildman–Crippen LogP) is 1.58. The second kappa shape index (κ2) is 5.82. The van der Waals surface area contributed by atoms with Crippen molar-refractivity contribution in [1.82, 2.24) is 5.32 Å². The summed E-state index contributed by atoms with van der Waals surface area (Å²) in [6.07, 6.45) is 0. The number of anilines is 1. The number of hydrogen-bond acceptors (Lipinski definition) is 4. The summed E-state index contributed by atoms with van der Waals surface area (Å²) < 4.78 is 0. The van der Waals surface area contributed by atoms with Crippen molar-refractivity contribution in [3.05, 3.63) is 29.8 Å². The summed E-state index contributed by atoms with van der Waals surface area (Å²) >= 11 is 3.97. The highest BCUT2D eigenvalue weighted by atomic mass is 33.1. The maximum Gasteiger partial charge on any atom is 0.253 e. The SMILES string of the molecule is Nc1ccccc1C(=O)NCCSS. The van der Waals surface area contributed by atoms with E-state index in [0.717, 1.165) is 5.75 Å². The molecule has 1 rings (SSSR count). The van der Waals surface area contributed by atoms with Crippen LogP contribution >= 0.6 is 22.5 Å². The first-order valence-corrected chi connectivity index (χ1v) is 6.18. The third kappa shape index (κ3) is 3.16. The molecular weight excluding hydrogens is 216 g/mol. The highest BCUT2D eigenvalue weighted by molar-refractivity contribution is 8.68. The Morgan fingerprint density at radius 3 is 2.86 bits per heavy atom. The molecular formula is C9H12N2OS2. The molecule has 76 valence electrons. The molecule has 14 heavy (non-hydrogen) atoms. The molecule has 0 aliphatic carbocycles. The average molecular weight is 228 g/mol. The first-order chi connectivity index (χ1) is 6.75. The normalized spacial score (nSPS) is 9.79. The number of nitrogen functional groups attached to an aromatic ring is 1. The Hall–Kier alpha value is -0.810. The first kappa shape index (κ1) is 11.3. The van der Waals surface area contributed by atoms with Crippen LogP contribution in [-0.2, 0) is 0 Å². The molecule has 0 heterocycles. The lowest BCUT2D eigenvalue weighted by atomic mass is 10.2. The summed E-state index contributed by atoms with van der Waals surface area (Å²) in [5, 5.41) is 2.75. The van der Waals surface area contributed by atoms with Crippen LogP contribution in [0.4, 0.5) is 5.69 Å². The molecule has 0 spiro atoms.